The lowest BCUT2D eigenvalue weighted by atomic mass is 10.0. The summed E-state index contributed by atoms with van der Waals surface area (Å²) in [4.78, 5) is 28.2. The molecule has 0 spiro atoms. The topological polar surface area (TPSA) is 51.5 Å². The molecule has 5 nitrogen and oxygen atoms in total. The fourth-order valence-corrected chi connectivity index (χ4v) is 4.80. The smallest absolute Gasteiger partial charge is 0.340 e. The van der Waals surface area contributed by atoms with E-state index in [2.05, 4.69) is 52.5 Å². The van der Waals surface area contributed by atoms with Gasteiger partial charge < -0.3 is 9.30 Å². The maximum Gasteiger partial charge on any atom is 0.340 e. The number of anilines is 1. The van der Waals surface area contributed by atoms with E-state index in [1.807, 2.05) is 50.3 Å². The van der Waals surface area contributed by atoms with E-state index in [-0.39, 0.29) is 12.5 Å². The number of carbonyl (C=O) groups excluding carboxylic acids is 2. The summed E-state index contributed by atoms with van der Waals surface area (Å²) in [6.45, 7) is 12.0. The van der Waals surface area contributed by atoms with Crippen LogP contribution in [0.3, 0.4) is 0 Å². The second-order valence-electron chi connectivity index (χ2n) is 8.79. The fourth-order valence-electron chi connectivity index (χ4n) is 4.53. The molecule has 0 bridgehead atoms. The fraction of sp³-hybridized carbons (Fsp3) is 0.241. The first kappa shape index (κ1) is 24.7. The number of allylic oxidation sites excluding steroid dienone is 1. The predicted molar refractivity (Wildman–Crippen MR) is 144 cm³/mol. The Morgan fingerprint density at radius 2 is 1.60 bits per heavy atom. The Bertz CT molecular complexity index is 1390. The van der Waals surface area contributed by atoms with E-state index in [0.717, 1.165) is 27.1 Å². The number of halogens is 1. The average molecular weight is 533 g/mol. The maximum atomic E-state index is 13.7. The summed E-state index contributed by atoms with van der Waals surface area (Å²) >= 11 is 3.44. The van der Waals surface area contributed by atoms with Crippen LogP contribution in [0, 0.1) is 27.7 Å². The summed E-state index contributed by atoms with van der Waals surface area (Å²) < 4.78 is 8.42. The Labute approximate surface area is 214 Å². The van der Waals surface area contributed by atoms with Gasteiger partial charge in [0.15, 0.2) is 0 Å². The lowest BCUT2D eigenvalue weighted by Crippen LogP contribution is -2.24. The summed E-state index contributed by atoms with van der Waals surface area (Å²) in [5, 5.41) is 0. The Morgan fingerprint density at radius 1 is 0.943 bits per heavy atom. The van der Waals surface area contributed by atoms with Crippen molar-refractivity contribution in [2.45, 2.75) is 41.5 Å². The summed E-state index contributed by atoms with van der Waals surface area (Å²) in [6, 6.07) is 15.9. The highest BCUT2D eigenvalue weighted by Gasteiger charge is 2.38. The van der Waals surface area contributed by atoms with Gasteiger partial charge in [0.05, 0.1) is 17.8 Å². The van der Waals surface area contributed by atoms with Crippen molar-refractivity contribution in [1.29, 1.82) is 0 Å². The van der Waals surface area contributed by atoms with Gasteiger partial charge >= 0.3 is 5.97 Å². The number of aryl methyl sites for hydroxylation is 3. The van der Waals surface area contributed by atoms with Gasteiger partial charge in [-0.2, -0.15) is 0 Å². The van der Waals surface area contributed by atoms with E-state index in [1.165, 1.54) is 11.1 Å². The quantitative estimate of drug-likeness (QED) is 0.270. The molecule has 0 atom stereocenters. The van der Waals surface area contributed by atoms with Crippen LogP contribution in [0.25, 0.3) is 11.8 Å². The molecule has 2 aromatic carbocycles. The molecule has 3 aromatic rings. The van der Waals surface area contributed by atoms with Crippen LogP contribution in [0.4, 0.5) is 5.69 Å². The second-order valence-corrected chi connectivity index (χ2v) is 9.70. The van der Waals surface area contributed by atoms with Gasteiger partial charge in [-0.3, -0.25) is 9.69 Å². The highest BCUT2D eigenvalue weighted by Crippen LogP contribution is 2.37. The van der Waals surface area contributed by atoms with E-state index < -0.39 is 5.97 Å². The molecule has 180 valence electrons. The van der Waals surface area contributed by atoms with Crippen molar-refractivity contribution in [3.05, 3.63) is 97.9 Å². The van der Waals surface area contributed by atoms with Crippen LogP contribution in [0.2, 0.25) is 0 Å². The molecule has 6 heteroatoms. The number of esters is 1. The molecule has 1 amide bonds. The molecule has 2 heterocycles. The number of nitrogens with zero attached hydrogens (tertiary/aromatic N) is 2. The Kier molecular flexibility index (Phi) is 6.86. The van der Waals surface area contributed by atoms with Crippen molar-refractivity contribution in [3.63, 3.8) is 0 Å². The number of hydrogen-bond acceptors (Lipinski definition) is 3. The van der Waals surface area contributed by atoms with Crippen LogP contribution in [0.5, 0.6) is 0 Å². The summed E-state index contributed by atoms with van der Waals surface area (Å²) in [5.74, 6) is -0.740. The zero-order valence-electron chi connectivity index (χ0n) is 20.9. The number of aromatic nitrogens is 1. The van der Waals surface area contributed by atoms with Gasteiger partial charge in [-0.1, -0.05) is 22.0 Å². The molecule has 1 aliphatic heterocycles. The van der Waals surface area contributed by atoms with Crippen molar-refractivity contribution in [2.75, 3.05) is 11.5 Å². The lowest BCUT2D eigenvalue weighted by Gasteiger charge is -2.18. The molecule has 0 unspecified atom stereocenters. The minimum Gasteiger partial charge on any atom is -0.462 e. The number of benzene rings is 2. The maximum absolute atomic E-state index is 13.7. The molecule has 0 saturated carbocycles. The molecule has 0 radical (unpaired) electrons. The minimum absolute atomic E-state index is 0.233. The van der Waals surface area contributed by atoms with Crippen LogP contribution < -0.4 is 4.90 Å². The van der Waals surface area contributed by atoms with Crippen molar-refractivity contribution < 1.29 is 14.3 Å². The van der Waals surface area contributed by atoms with E-state index in [0.29, 0.717) is 22.5 Å². The second kappa shape index (κ2) is 9.70. The third-order valence-electron chi connectivity index (χ3n) is 6.48. The first-order chi connectivity index (χ1) is 16.6. The number of hydrogen-bond donors (Lipinski definition) is 0. The third-order valence-corrected chi connectivity index (χ3v) is 7.01. The van der Waals surface area contributed by atoms with Gasteiger partial charge in [-0.15, -0.1) is 0 Å². The minimum atomic E-state index is -0.493. The zero-order chi connectivity index (χ0) is 25.4. The van der Waals surface area contributed by atoms with Crippen molar-refractivity contribution in [2.24, 2.45) is 0 Å². The molecule has 35 heavy (non-hydrogen) atoms. The Balaban J connectivity index is 1.84. The lowest BCUT2D eigenvalue weighted by molar-refractivity contribution is -0.138. The number of amides is 1. The first-order valence-electron chi connectivity index (χ1n) is 11.6. The van der Waals surface area contributed by atoms with Crippen LogP contribution >= 0.6 is 15.9 Å². The molecule has 4 rings (SSSR count). The normalized spacial score (nSPS) is 14.9. The van der Waals surface area contributed by atoms with Crippen molar-refractivity contribution in [1.82, 2.24) is 4.57 Å². The van der Waals surface area contributed by atoms with Gasteiger partial charge in [-0.05, 0) is 107 Å². The number of ether oxygens (including phenoxy) is 1. The third kappa shape index (κ3) is 4.50. The molecular weight excluding hydrogens is 504 g/mol. The van der Waals surface area contributed by atoms with E-state index in [9.17, 15) is 9.59 Å². The van der Waals surface area contributed by atoms with Crippen molar-refractivity contribution in [3.8, 4) is 5.69 Å². The van der Waals surface area contributed by atoms with Gasteiger partial charge in [0, 0.05) is 32.9 Å². The van der Waals surface area contributed by atoms with Crippen molar-refractivity contribution >= 4 is 39.6 Å². The predicted octanol–water partition coefficient (Wildman–Crippen LogP) is 6.74. The Hall–Kier alpha value is -3.38. The van der Waals surface area contributed by atoms with E-state index >= 15 is 0 Å². The van der Waals surface area contributed by atoms with Crippen LogP contribution in [-0.2, 0) is 14.3 Å². The molecule has 0 fully saturated rings. The summed E-state index contributed by atoms with van der Waals surface area (Å²) in [5.41, 5.74) is 8.35. The first-order valence-corrected chi connectivity index (χ1v) is 12.4. The SMILES string of the molecule is CCOC(=O)C1=C(C)N(c2ccc(Br)cc2)C(=O)/C1=C\c1cc(C)n(-c2ccc(C)c(C)c2)c1C. The molecule has 1 aliphatic rings. The molecule has 0 N–H and O–H groups in total. The van der Waals surface area contributed by atoms with Crippen LogP contribution in [0.15, 0.2) is 69.8 Å². The standard InChI is InChI=1S/C29H29BrN2O3/c1-7-35-29(34)27-21(6)32(24-12-9-23(30)10-13-24)28(33)26(27)16-22-15-19(4)31(20(22)5)25-11-8-17(2)18(3)14-25/h8-16H,7H2,1-6H3/b26-16-. The average Bonchev–Trinajstić information content (AvgIpc) is 3.22. The zero-order valence-corrected chi connectivity index (χ0v) is 22.5. The van der Waals surface area contributed by atoms with E-state index in [1.54, 1.807) is 18.7 Å². The molecular formula is C29H29BrN2O3. The van der Waals surface area contributed by atoms with Crippen LogP contribution in [0.1, 0.15) is 41.9 Å². The molecule has 0 aliphatic carbocycles. The van der Waals surface area contributed by atoms with Crippen LogP contribution in [-0.4, -0.2) is 23.1 Å². The highest BCUT2D eigenvalue weighted by molar-refractivity contribution is 9.10. The largest absolute Gasteiger partial charge is 0.462 e. The summed E-state index contributed by atoms with van der Waals surface area (Å²) in [7, 11) is 0. The van der Waals surface area contributed by atoms with Gasteiger partial charge in [0.1, 0.15) is 0 Å². The number of rotatable bonds is 5. The van der Waals surface area contributed by atoms with Gasteiger partial charge in [0.25, 0.3) is 5.91 Å². The monoisotopic (exact) mass is 532 g/mol. The molecule has 0 saturated heterocycles. The highest BCUT2D eigenvalue weighted by atomic mass is 79.9. The Morgan fingerprint density at radius 3 is 2.23 bits per heavy atom. The van der Waals surface area contributed by atoms with E-state index in [4.69, 9.17) is 4.74 Å². The molecule has 1 aromatic heterocycles. The summed E-state index contributed by atoms with van der Waals surface area (Å²) in [6.07, 6.45) is 1.82. The van der Waals surface area contributed by atoms with Gasteiger partial charge in [0.2, 0.25) is 0 Å². The number of carbonyl (C=O) groups is 2. The van der Waals surface area contributed by atoms with Gasteiger partial charge in [-0.25, -0.2) is 4.79 Å².